The quantitative estimate of drug-likeness (QED) is 0.239. The second-order valence-corrected chi connectivity index (χ2v) is 12.2. The Kier molecular flexibility index (Phi) is 7.08. The van der Waals surface area contributed by atoms with Crippen molar-refractivity contribution in [1.82, 2.24) is 19.5 Å². The number of nitrogens with one attached hydrogen (secondary N) is 1. The molecule has 0 fully saturated rings. The largest absolute Gasteiger partial charge is 0.443 e. The zero-order chi connectivity index (χ0) is 28.4. The zero-order valence-corrected chi connectivity index (χ0v) is 23.5. The third-order valence-corrected chi connectivity index (χ3v) is 9.47. The van der Waals surface area contributed by atoms with Crippen LogP contribution >= 0.6 is 11.3 Å². The average molecular weight is 585 g/mol. The molecule has 0 atom stereocenters. The number of hydrogen-bond donors (Lipinski definition) is 1. The number of benzene rings is 2. The lowest BCUT2D eigenvalue weighted by Gasteiger charge is -2.19. The van der Waals surface area contributed by atoms with Gasteiger partial charge in [-0.1, -0.05) is 24.3 Å². The molecule has 6 aromatic rings. The summed E-state index contributed by atoms with van der Waals surface area (Å²) in [6.45, 7) is 0.517. The van der Waals surface area contributed by atoms with Crippen LogP contribution < -0.4 is 9.62 Å². The number of nitrogens with zero attached hydrogens (tertiary/aromatic N) is 5. The summed E-state index contributed by atoms with van der Waals surface area (Å²) < 4.78 is 34.9. The number of fused-ring (bicyclic) bond motifs is 1. The van der Waals surface area contributed by atoms with Crippen LogP contribution in [0, 0.1) is 0 Å². The predicted molar refractivity (Wildman–Crippen MR) is 157 cm³/mol. The number of aryl methyl sites for hydroxylation is 2. The van der Waals surface area contributed by atoms with Crippen molar-refractivity contribution in [2.24, 2.45) is 0 Å². The van der Waals surface area contributed by atoms with E-state index in [2.05, 4.69) is 15.3 Å². The zero-order valence-electron chi connectivity index (χ0n) is 21.8. The summed E-state index contributed by atoms with van der Waals surface area (Å²) >= 11 is 1.28. The molecule has 12 heteroatoms. The van der Waals surface area contributed by atoms with Gasteiger partial charge in [0.25, 0.3) is 15.9 Å². The number of imidazole rings is 1. The highest BCUT2D eigenvalue weighted by Gasteiger charge is 2.23. The standard InChI is InChI=1S/C29H24N6O4S2/c1-34(41(37,38)22-7-3-2-4-8-22)21-9-10-24-23(16-21)32-29(35(24)15-13-20-6-5-14-30-17-20)33-28(36)27-12-11-26(40-27)25-18-31-19-39-25/h2-12,14,16-19H,13,15H2,1H3,(H,32,33,36). The number of amides is 1. The third kappa shape index (κ3) is 5.34. The normalized spacial score (nSPS) is 11.5. The minimum atomic E-state index is -3.77. The van der Waals surface area contributed by atoms with Gasteiger partial charge in [0.2, 0.25) is 5.95 Å². The number of sulfonamides is 1. The molecular formula is C29H24N6O4S2. The van der Waals surface area contributed by atoms with Gasteiger partial charge < -0.3 is 8.98 Å². The Hall–Kier alpha value is -4.81. The summed E-state index contributed by atoms with van der Waals surface area (Å²) in [7, 11) is -2.26. The van der Waals surface area contributed by atoms with E-state index in [1.807, 2.05) is 22.8 Å². The van der Waals surface area contributed by atoms with E-state index in [9.17, 15) is 13.2 Å². The fourth-order valence-corrected chi connectivity index (χ4v) is 6.47. The molecule has 0 bridgehead atoms. The molecule has 206 valence electrons. The lowest BCUT2D eigenvalue weighted by Crippen LogP contribution is -2.26. The lowest BCUT2D eigenvalue weighted by molar-refractivity contribution is 0.102. The molecule has 4 heterocycles. The maximum Gasteiger partial charge on any atom is 0.268 e. The molecule has 0 spiro atoms. The number of anilines is 2. The molecule has 41 heavy (non-hydrogen) atoms. The summed E-state index contributed by atoms with van der Waals surface area (Å²) in [6.07, 6.45) is 7.11. The van der Waals surface area contributed by atoms with E-state index in [1.54, 1.807) is 73.2 Å². The van der Waals surface area contributed by atoms with Crippen LogP contribution in [-0.4, -0.2) is 40.9 Å². The highest BCUT2D eigenvalue weighted by Crippen LogP contribution is 2.30. The Morgan fingerprint density at radius 2 is 1.88 bits per heavy atom. The molecule has 6 rings (SSSR count). The number of pyridine rings is 1. The molecule has 0 aliphatic heterocycles. The van der Waals surface area contributed by atoms with Crippen LogP contribution in [0.5, 0.6) is 0 Å². The number of carbonyl (C=O) groups excluding carboxylic acids is 1. The topological polar surface area (TPSA) is 123 Å². The van der Waals surface area contributed by atoms with Gasteiger partial charge in [0.05, 0.1) is 37.6 Å². The third-order valence-electron chi connectivity index (χ3n) is 6.57. The summed E-state index contributed by atoms with van der Waals surface area (Å²) in [5.74, 6) is 0.622. The predicted octanol–water partition coefficient (Wildman–Crippen LogP) is 5.47. The van der Waals surface area contributed by atoms with Crippen LogP contribution in [0.15, 0.2) is 107 Å². The molecule has 0 saturated carbocycles. The second-order valence-electron chi connectivity index (χ2n) is 9.14. The minimum Gasteiger partial charge on any atom is -0.443 e. The Labute approximate surface area is 240 Å². The first-order valence-electron chi connectivity index (χ1n) is 12.6. The summed E-state index contributed by atoms with van der Waals surface area (Å²) in [5.41, 5.74) is 2.79. The fourth-order valence-electron chi connectivity index (χ4n) is 4.41. The van der Waals surface area contributed by atoms with Crippen LogP contribution in [0.2, 0.25) is 0 Å². The van der Waals surface area contributed by atoms with Gasteiger partial charge in [0.15, 0.2) is 12.2 Å². The van der Waals surface area contributed by atoms with Gasteiger partial charge in [-0.2, -0.15) is 0 Å². The molecule has 0 aliphatic carbocycles. The molecule has 10 nitrogen and oxygen atoms in total. The highest BCUT2D eigenvalue weighted by molar-refractivity contribution is 7.92. The van der Waals surface area contributed by atoms with E-state index in [0.29, 0.717) is 40.8 Å². The van der Waals surface area contributed by atoms with Crippen molar-refractivity contribution in [1.29, 1.82) is 0 Å². The van der Waals surface area contributed by atoms with Gasteiger partial charge in [0.1, 0.15) is 0 Å². The molecule has 0 saturated heterocycles. The van der Waals surface area contributed by atoms with Crippen LogP contribution in [0.4, 0.5) is 11.6 Å². The van der Waals surface area contributed by atoms with E-state index in [4.69, 9.17) is 9.40 Å². The minimum absolute atomic E-state index is 0.193. The van der Waals surface area contributed by atoms with Gasteiger partial charge in [-0.25, -0.2) is 18.4 Å². The van der Waals surface area contributed by atoms with Crippen LogP contribution in [0.1, 0.15) is 15.2 Å². The average Bonchev–Trinajstić information content (AvgIpc) is 3.77. The molecule has 1 N–H and O–H groups in total. The van der Waals surface area contributed by atoms with Crippen molar-refractivity contribution in [3.63, 3.8) is 0 Å². The van der Waals surface area contributed by atoms with Crippen molar-refractivity contribution >= 4 is 49.9 Å². The number of carbonyl (C=O) groups is 1. The summed E-state index contributed by atoms with van der Waals surface area (Å²) in [5, 5.41) is 2.95. The molecular weight excluding hydrogens is 560 g/mol. The first-order chi connectivity index (χ1) is 19.9. The SMILES string of the molecule is CN(c1ccc2c(c1)nc(NC(=O)c1ccc(-c3cnco3)s1)n2CCc1cccnc1)S(=O)(=O)c1ccccc1. The van der Waals surface area contributed by atoms with Crippen LogP contribution in [-0.2, 0) is 23.0 Å². The van der Waals surface area contributed by atoms with Gasteiger partial charge in [-0.15, -0.1) is 11.3 Å². The Bertz CT molecular complexity index is 1920. The number of oxazole rings is 1. The van der Waals surface area contributed by atoms with E-state index in [1.165, 1.54) is 29.1 Å². The molecule has 2 aromatic carbocycles. The van der Waals surface area contributed by atoms with Gasteiger partial charge >= 0.3 is 0 Å². The van der Waals surface area contributed by atoms with Crippen LogP contribution in [0.3, 0.4) is 0 Å². The lowest BCUT2D eigenvalue weighted by atomic mass is 10.2. The van der Waals surface area contributed by atoms with Crippen molar-refractivity contribution in [2.75, 3.05) is 16.7 Å². The number of hydrogen-bond acceptors (Lipinski definition) is 8. The fraction of sp³-hybridized carbons (Fsp3) is 0.103. The first-order valence-corrected chi connectivity index (χ1v) is 14.9. The number of aromatic nitrogens is 4. The second kappa shape index (κ2) is 11.0. The molecule has 4 aromatic heterocycles. The van der Waals surface area contributed by atoms with Crippen molar-refractivity contribution in [3.05, 3.63) is 108 Å². The number of rotatable bonds is 9. The first kappa shape index (κ1) is 26.4. The summed E-state index contributed by atoms with van der Waals surface area (Å²) in [4.78, 5) is 27.6. The monoisotopic (exact) mass is 584 g/mol. The highest BCUT2D eigenvalue weighted by atomic mass is 32.2. The smallest absolute Gasteiger partial charge is 0.268 e. The Morgan fingerprint density at radius 1 is 1.02 bits per heavy atom. The van der Waals surface area contributed by atoms with E-state index in [-0.39, 0.29) is 10.8 Å². The molecule has 0 unspecified atom stereocenters. The summed E-state index contributed by atoms with van der Waals surface area (Å²) in [6, 6.07) is 20.9. The van der Waals surface area contributed by atoms with E-state index in [0.717, 1.165) is 16.0 Å². The Balaban J connectivity index is 1.33. The van der Waals surface area contributed by atoms with Crippen LogP contribution in [0.25, 0.3) is 21.7 Å². The Morgan fingerprint density at radius 3 is 2.63 bits per heavy atom. The van der Waals surface area contributed by atoms with E-state index >= 15 is 0 Å². The van der Waals surface area contributed by atoms with Crippen molar-refractivity contribution < 1.29 is 17.6 Å². The molecule has 0 radical (unpaired) electrons. The van der Waals surface area contributed by atoms with Gasteiger partial charge in [0, 0.05) is 26.0 Å². The van der Waals surface area contributed by atoms with Crippen molar-refractivity contribution in [3.8, 4) is 10.6 Å². The van der Waals surface area contributed by atoms with Gasteiger partial charge in [-0.3, -0.25) is 19.4 Å². The van der Waals surface area contributed by atoms with Crippen molar-refractivity contribution in [2.45, 2.75) is 17.9 Å². The maximum absolute atomic E-state index is 13.3. The maximum atomic E-state index is 13.3. The van der Waals surface area contributed by atoms with E-state index < -0.39 is 10.0 Å². The number of thiophene rings is 1. The van der Waals surface area contributed by atoms with Gasteiger partial charge in [-0.05, 0) is 60.5 Å². The molecule has 0 aliphatic rings. The molecule has 1 amide bonds.